The first-order chi connectivity index (χ1) is 7.41. The van der Waals surface area contributed by atoms with Crippen molar-refractivity contribution in [3.63, 3.8) is 0 Å². The van der Waals surface area contributed by atoms with Crippen molar-refractivity contribution in [3.05, 3.63) is 0 Å². The van der Waals surface area contributed by atoms with Crippen LogP contribution in [0.15, 0.2) is 0 Å². The van der Waals surface area contributed by atoms with Crippen LogP contribution in [0.1, 0.15) is 34.1 Å². The lowest BCUT2D eigenvalue weighted by Crippen LogP contribution is -2.38. The molecular formula is C12H27N3O. The molecule has 3 N–H and O–H groups in total. The first kappa shape index (κ1) is 15.4. The van der Waals surface area contributed by atoms with E-state index in [0.29, 0.717) is 18.5 Å². The van der Waals surface area contributed by atoms with Gasteiger partial charge in [-0.2, -0.15) is 0 Å². The molecule has 0 rings (SSSR count). The molecule has 0 aliphatic rings. The van der Waals surface area contributed by atoms with Crippen molar-refractivity contribution in [1.82, 2.24) is 10.2 Å². The zero-order chi connectivity index (χ0) is 12.6. The van der Waals surface area contributed by atoms with E-state index in [9.17, 15) is 4.79 Å². The van der Waals surface area contributed by atoms with Gasteiger partial charge in [0.2, 0.25) is 5.91 Å². The second kappa shape index (κ2) is 8.53. The molecule has 0 atom stereocenters. The van der Waals surface area contributed by atoms with Crippen LogP contribution in [0.2, 0.25) is 0 Å². The molecule has 16 heavy (non-hydrogen) atoms. The third-order valence-electron chi connectivity index (χ3n) is 2.21. The highest BCUT2D eigenvalue weighted by molar-refractivity contribution is 5.75. The fourth-order valence-electron chi connectivity index (χ4n) is 1.67. The molecule has 0 aromatic carbocycles. The monoisotopic (exact) mass is 229 g/mol. The van der Waals surface area contributed by atoms with Gasteiger partial charge in [-0.25, -0.2) is 0 Å². The second-order valence-electron chi connectivity index (χ2n) is 5.06. The van der Waals surface area contributed by atoms with Gasteiger partial charge in [0.25, 0.3) is 0 Å². The van der Waals surface area contributed by atoms with E-state index in [-0.39, 0.29) is 5.91 Å². The molecule has 0 spiro atoms. The highest BCUT2D eigenvalue weighted by atomic mass is 16.1. The molecule has 0 bridgehead atoms. The largest absolute Gasteiger partial charge is 0.369 e. The number of carbonyl (C=O) groups is 1. The Morgan fingerprint density at radius 2 is 1.94 bits per heavy atom. The highest BCUT2D eigenvalue weighted by Gasteiger charge is 2.09. The molecule has 0 unspecified atom stereocenters. The summed E-state index contributed by atoms with van der Waals surface area (Å²) in [6.45, 7) is 11.8. The van der Waals surface area contributed by atoms with Crippen LogP contribution in [0.4, 0.5) is 0 Å². The quantitative estimate of drug-likeness (QED) is 0.575. The van der Waals surface area contributed by atoms with E-state index in [1.54, 1.807) is 0 Å². The van der Waals surface area contributed by atoms with Gasteiger partial charge in [-0.05, 0) is 25.4 Å². The van der Waals surface area contributed by atoms with Gasteiger partial charge in [-0.3, -0.25) is 9.69 Å². The predicted molar refractivity (Wildman–Crippen MR) is 68.2 cm³/mol. The van der Waals surface area contributed by atoms with E-state index in [1.807, 2.05) is 0 Å². The Morgan fingerprint density at radius 3 is 2.38 bits per heavy atom. The van der Waals surface area contributed by atoms with Crippen LogP contribution < -0.4 is 11.1 Å². The first-order valence-electron chi connectivity index (χ1n) is 6.15. The topological polar surface area (TPSA) is 58.4 Å². The van der Waals surface area contributed by atoms with Gasteiger partial charge in [0.05, 0.1) is 6.54 Å². The molecule has 0 fully saturated rings. The van der Waals surface area contributed by atoms with Gasteiger partial charge in [0.1, 0.15) is 0 Å². The fourth-order valence-corrected chi connectivity index (χ4v) is 1.67. The molecule has 0 aliphatic carbocycles. The van der Waals surface area contributed by atoms with Crippen molar-refractivity contribution < 1.29 is 4.79 Å². The summed E-state index contributed by atoms with van der Waals surface area (Å²) in [5.41, 5.74) is 5.23. The second-order valence-corrected chi connectivity index (χ2v) is 5.06. The van der Waals surface area contributed by atoms with Crippen LogP contribution in [0.3, 0.4) is 0 Å². The summed E-state index contributed by atoms with van der Waals surface area (Å²) in [6, 6.07) is 0.523. The van der Waals surface area contributed by atoms with Gasteiger partial charge < -0.3 is 11.1 Å². The summed E-state index contributed by atoms with van der Waals surface area (Å²) in [4.78, 5) is 13.0. The maximum absolute atomic E-state index is 10.9. The average Bonchev–Trinajstić information content (AvgIpc) is 2.09. The van der Waals surface area contributed by atoms with Crippen molar-refractivity contribution >= 4 is 5.91 Å². The van der Waals surface area contributed by atoms with Crippen molar-refractivity contribution in [2.24, 2.45) is 11.7 Å². The Hall–Kier alpha value is -0.610. The Morgan fingerprint density at radius 1 is 1.31 bits per heavy atom. The number of nitrogens with zero attached hydrogens (tertiary/aromatic N) is 1. The van der Waals surface area contributed by atoms with Gasteiger partial charge in [-0.1, -0.05) is 27.7 Å². The van der Waals surface area contributed by atoms with E-state index in [0.717, 1.165) is 26.1 Å². The molecule has 0 heterocycles. The van der Waals surface area contributed by atoms with Crippen molar-refractivity contribution in [3.8, 4) is 0 Å². The standard InChI is InChI=1S/C12H27N3O/c1-10(2)8-15(9-12(13)16)7-5-6-14-11(3)4/h10-11,14H,5-9H2,1-4H3,(H2,13,16). The summed E-state index contributed by atoms with van der Waals surface area (Å²) >= 11 is 0. The Labute approximate surface area is 99.6 Å². The molecule has 0 aliphatic heterocycles. The molecule has 96 valence electrons. The Kier molecular flexibility index (Phi) is 8.21. The lowest BCUT2D eigenvalue weighted by molar-refractivity contribution is -0.119. The molecule has 1 amide bonds. The van der Waals surface area contributed by atoms with Gasteiger partial charge in [0.15, 0.2) is 0 Å². The normalized spacial score (nSPS) is 11.7. The van der Waals surface area contributed by atoms with E-state index >= 15 is 0 Å². The van der Waals surface area contributed by atoms with Crippen LogP contribution in [-0.4, -0.2) is 43.0 Å². The van der Waals surface area contributed by atoms with Crippen molar-refractivity contribution in [2.75, 3.05) is 26.2 Å². The van der Waals surface area contributed by atoms with E-state index < -0.39 is 0 Å². The molecule has 4 nitrogen and oxygen atoms in total. The summed E-state index contributed by atoms with van der Waals surface area (Å²) < 4.78 is 0. The third kappa shape index (κ3) is 9.93. The third-order valence-corrected chi connectivity index (χ3v) is 2.21. The van der Waals surface area contributed by atoms with E-state index in [4.69, 9.17) is 5.73 Å². The molecule has 0 aromatic rings. The Balaban J connectivity index is 3.78. The average molecular weight is 229 g/mol. The van der Waals surface area contributed by atoms with Gasteiger partial charge in [0, 0.05) is 12.6 Å². The van der Waals surface area contributed by atoms with Crippen molar-refractivity contribution in [1.29, 1.82) is 0 Å². The highest BCUT2D eigenvalue weighted by Crippen LogP contribution is 1.99. The summed E-state index contributed by atoms with van der Waals surface area (Å²) in [7, 11) is 0. The number of amides is 1. The van der Waals surface area contributed by atoms with Crippen molar-refractivity contribution in [2.45, 2.75) is 40.2 Å². The van der Waals surface area contributed by atoms with Crippen LogP contribution in [-0.2, 0) is 4.79 Å². The molecule has 4 heteroatoms. The number of primary amides is 1. The SMILES string of the molecule is CC(C)CN(CCCNC(C)C)CC(N)=O. The molecule has 0 saturated carbocycles. The minimum atomic E-state index is -0.238. The summed E-state index contributed by atoms with van der Waals surface area (Å²) in [6.07, 6.45) is 1.05. The maximum Gasteiger partial charge on any atom is 0.231 e. The number of hydrogen-bond acceptors (Lipinski definition) is 3. The van der Waals surface area contributed by atoms with E-state index in [2.05, 4.69) is 37.9 Å². The Bertz CT molecular complexity index is 193. The van der Waals surface area contributed by atoms with E-state index in [1.165, 1.54) is 0 Å². The van der Waals surface area contributed by atoms with Crippen LogP contribution in [0, 0.1) is 5.92 Å². The maximum atomic E-state index is 10.9. The fraction of sp³-hybridized carbons (Fsp3) is 0.917. The van der Waals surface area contributed by atoms with Gasteiger partial charge in [-0.15, -0.1) is 0 Å². The van der Waals surface area contributed by atoms with Crippen LogP contribution >= 0.6 is 0 Å². The molecule has 0 saturated heterocycles. The molecular weight excluding hydrogens is 202 g/mol. The molecule has 0 radical (unpaired) electrons. The zero-order valence-electron chi connectivity index (χ0n) is 11.1. The number of carbonyl (C=O) groups excluding carboxylic acids is 1. The number of rotatable bonds is 9. The van der Waals surface area contributed by atoms with Crippen LogP contribution in [0.5, 0.6) is 0 Å². The lowest BCUT2D eigenvalue weighted by Gasteiger charge is -2.22. The summed E-state index contributed by atoms with van der Waals surface area (Å²) in [5, 5.41) is 3.36. The molecule has 0 aromatic heterocycles. The number of nitrogens with one attached hydrogen (secondary N) is 1. The number of hydrogen-bond donors (Lipinski definition) is 2. The predicted octanol–water partition coefficient (Wildman–Crippen LogP) is 0.818. The first-order valence-corrected chi connectivity index (χ1v) is 6.15. The zero-order valence-corrected chi connectivity index (χ0v) is 11.1. The minimum absolute atomic E-state index is 0.238. The number of nitrogens with two attached hydrogens (primary N) is 1. The smallest absolute Gasteiger partial charge is 0.231 e. The summed E-state index contributed by atoms with van der Waals surface area (Å²) in [5.74, 6) is 0.329. The lowest BCUT2D eigenvalue weighted by atomic mass is 10.2. The van der Waals surface area contributed by atoms with Gasteiger partial charge >= 0.3 is 0 Å². The minimum Gasteiger partial charge on any atom is -0.369 e. The van der Waals surface area contributed by atoms with Crippen LogP contribution in [0.25, 0.3) is 0 Å².